The van der Waals surface area contributed by atoms with Crippen molar-refractivity contribution in [2.45, 2.75) is 81.7 Å². The lowest BCUT2D eigenvalue weighted by Crippen LogP contribution is -2.44. The molecule has 2 fully saturated rings. The Morgan fingerprint density at radius 1 is 0.826 bits per heavy atom. The van der Waals surface area contributed by atoms with E-state index in [1.165, 1.54) is 32.1 Å². The first-order valence-corrected chi connectivity index (χ1v) is 17.4. The fourth-order valence-corrected chi connectivity index (χ4v) is 7.74. The number of benzene rings is 3. The van der Waals surface area contributed by atoms with E-state index >= 15 is 0 Å². The molecule has 2 saturated carbocycles. The second-order valence-corrected chi connectivity index (χ2v) is 13.8. The van der Waals surface area contributed by atoms with Gasteiger partial charge < -0.3 is 24.9 Å². The van der Waals surface area contributed by atoms with Gasteiger partial charge in [0.15, 0.2) is 0 Å². The monoisotopic (exact) mass is 642 g/mol. The largest absolute Gasteiger partial charge is 0.481 e. The van der Waals surface area contributed by atoms with Crippen LogP contribution in [0, 0.1) is 11.8 Å². The highest BCUT2D eigenvalue weighted by atomic mass is 32.2. The number of hydrogen-bond acceptors (Lipinski definition) is 5. The van der Waals surface area contributed by atoms with Gasteiger partial charge in [-0.1, -0.05) is 68.5 Å². The van der Waals surface area contributed by atoms with Crippen LogP contribution in [0.25, 0.3) is 0 Å². The second-order valence-electron chi connectivity index (χ2n) is 12.6. The molecule has 3 aromatic carbocycles. The summed E-state index contributed by atoms with van der Waals surface area (Å²) in [5, 5.41) is 14.7. The Kier molecular flexibility index (Phi) is 12.0. The summed E-state index contributed by atoms with van der Waals surface area (Å²) in [6.45, 7) is 0.520. The van der Waals surface area contributed by atoms with Gasteiger partial charge in [0.2, 0.25) is 0 Å². The molecule has 0 aromatic heterocycles. The highest BCUT2D eigenvalue weighted by Gasteiger charge is 2.33. The van der Waals surface area contributed by atoms with Crippen molar-refractivity contribution in [2.75, 3.05) is 23.2 Å². The van der Waals surface area contributed by atoms with Gasteiger partial charge in [-0.2, -0.15) is 0 Å². The molecule has 8 nitrogen and oxygen atoms in total. The Hall–Kier alpha value is -3.98. The topological polar surface area (TPSA) is 102 Å². The molecule has 3 aromatic rings. The molecule has 0 atom stereocenters. The minimum Gasteiger partial charge on any atom is -0.481 e. The van der Waals surface area contributed by atoms with E-state index in [4.69, 9.17) is 5.11 Å². The maximum Gasteiger partial charge on any atom is 0.322 e. The molecule has 2 aliphatic carbocycles. The van der Waals surface area contributed by atoms with Gasteiger partial charge in [-0.3, -0.25) is 9.59 Å². The molecule has 0 radical (unpaired) electrons. The third-order valence-corrected chi connectivity index (χ3v) is 10.3. The van der Waals surface area contributed by atoms with Crippen molar-refractivity contribution in [1.29, 1.82) is 0 Å². The van der Waals surface area contributed by atoms with Crippen molar-refractivity contribution in [3.8, 4) is 0 Å². The van der Waals surface area contributed by atoms with Crippen molar-refractivity contribution in [3.63, 3.8) is 0 Å². The van der Waals surface area contributed by atoms with Gasteiger partial charge >= 0.3 is 12.0 Å². The Morgan fingerprint density at radius 3 is 2.22 bits per heavy atom. The molecule has 0 aliphatic heterocycles. The average molecular weight is 643 g/mol. The number of carboxylic acid groups (broad SMARTS) is 1. The number of hydrogen-bond donors (Lipinski definition) is 3. The summed E-state index contributed by atoms with van der Waals surface area (Å²) in [6, 6.07) is 25.4. The Bertz CT molecular complexity index is 1440. The molecule has 3 amide bonds. The molecule has 9 heteroatoms. The van der Waals surface area contributed by atoms with E-state index in [2.05, 4.69) is 27.1 Å². The van der Waals surface area contributed by atoms with Gasteiger partial charge in [-0.15, -0.1) is 0 Å². The highest BCUT2D eigenvalue weighted by molar-refractivity contribution is 8.00. The number of amides is 3. The first-order valence-electron chi connectivity index (χ1n) is 16.6. The SMILES string of the molecule is CN(Sc1cccc(NC(=O)N(Cc2ccc(C(=O)NCCC(=O)O)cc2)C2CCC(C3CCCCC3)CC2)c1)c1ccccc1. The van der Waals surface area contributed by atoms with E-state index in [0.29, 0.717) is 12.1 Å². The Morgan fingerprint density at radius 2 is 1.52 bits per heavy atom. The number of anilines is 2. The number of carbonyl (C=O) groups excluding carboxylic acids is 2. The molecular formula is C37H46N4O4S. The zero-order valence-corrected chi connectivity index (χ0v) is 27.5. The van der Waals surface area contributed by atoms with Gasteiger partial charge in [-0.05, 0) is 97.5 Å². The number of carbonyl (C=O) groups is 3. The van der Waals surface area contributed by atoms with Crippen molar-refractivity contribution in [2.24, 2.45) is 11.8 Å². The summed E-state index contributed by atoms with van der Waals surface area (Å²) in [7, 11) is 2.03. The van der Waals surface area contributed by atoms with E-state index in [1.807, 2.05) is 66.5 Å². The van der Waals surface area contributed by atoms with Crippen LogP contribution >= 0.6 is 11.9 Å². The third-order valence-electron chi connectivity index (χ3n) is 9.40. The van der Waals surface area contributed by atoms with Gasteiger partial charge in [-0.25, -0.2) is 4.79 Å². The number of para-hydroxylation sites is 1. The lowest BCUT2D eigenvalue weighted by molar-refractivity contribution is -0.136. The maximum atomic E-state index is 14.0. The van der Waals surface area contributed by atoms with Crippen LogP contribution in [0.1, 0.15) is 80.1 Å². The Balaban J connectivity index is 1.26. The lowest BCUT2D eigenvalue weighted by atomic mass is 9.72. The standard InChI is InChI=1S/C37H46N4O4S/c1-40(32-12-6-3-7-13-32)46-34-14-8-11-31(25-34)39-37(45)41(33-21-19-29(20-22-33)28-9-4-2-5-10-28)26-27-15-17-30(18-16-27)36(44)38-24-23-35(42)43/h3,6-8,11-18,25,28-29,33H,2,4-5,9-10,19-24,26H2,1H3,(H,38,44)(H,39,45)(H,42,43). The van der Waals surface area contributed by atoms with Crippen LogP contribution in [0.2, 0.25) is 0 Å². The molecule has 0 unspecified atom stereocenters. The maximum absolute atomic E-state index is 14.0. The normalized spacial score (nSPS) is 18.4. The van der Waals surface area contributed by atoms with Crippen LogP contribution in [-0.2, 0) is 11.3 Å². The lowest BCUT2D eigenvalue weighted by Gasteiger charge is -2.40. The van der Waals surface area contributed by atoms with Crippen LogP contribution in [0.3, 0.4) is 0 Å². The molecule has 0 saturated heterocycles. The summed E-state index contributed by atoms with van der Waals surface area (Å²) in [5.41, 5.74) is 3.26. The van der Waals surface area contributed by atoms with E-state index in [1.54, 1.807) is 24.1 Å². The Labute approximate surface area is 277 Å². The van der Waals surface area contributed by atoms with Crippen LogP contribution in [0.15, 0.2) is 83.8 Å². The molecule has 5 rings (SSSR count). The predicted molar refractivity (Wildman–Crippen MR) is 185 cm³/mol. The molecule has 0 heterocycles. The fourth-order valence-electron chi connectivity index (χ4n) is 6.87. The smallest absolute Gasteiger partial charge is 0.322 e. The minimum absolute atomic E-state index is 0.0790. The summed E-state index contributed by atoms with van der Waals surface area (Å²) in [5.74, 6) is 0.335. The van der Waals surface area contributed by atoms with Crippen molar-refractivity contribution in [1.82, 2.24) is 10.2 Å². The predicted octanol–water partition coefficient (Wildman–Crippen LogP) is 8.21. The molecular weight excluding hydrogens is 596 g/mol. The number of rotatable bonds is 12. The first kappa shape index (κ1) is 33.4. The summed E-state index contributed by atoms with van der Waals surface area (Å²) in [6.07, 6.45) is 11.0. The number of urea groups is 1. The van der Waals surface area contributed by atoms with Gasteiger partial charge in [0, 0.05) is 48.0 Å². The third kappa shape index (κ3) is 9.52. The van der Waals surface area contributed by atoms with Crippen LogP contribution in [0.4, 0.5) is 16.2 Å². The second kappa shape index (κ2) is 16.5. The minimum atomic E-state index is -0.952. The first-order chi connectivity index (χ1) is 22.4. The van der Waals surface area contributed by atoms with Gasteiger partial charge in [0.25, 0.3) is 5.91 Å². The van der Waals surface area contributed by atoms with E-state index in [9.17, 15) is 14.4 Å². The van der Waals surface area contributed by atoms with E-state index in [0.717, 1.165) is 59.4 Å². The highest BCUT2D eigenvalue weighted by Crippen LogP contribution is 2.40. The molecule has 2 aliphatic rings. The van der Waals surface area contributed by atoms with Gasteiger partial charge in [0.1, 0.15) is 0 Å². The summed E-state index contributed by atoms with van der Waals surface area (Å²) >= 11 is 1.61. The zero-order chi connectivity index (χ0) is 32.3. The molecule has 244 valence electrons. The molecule has 0 bridgehead atoms. The van der Waals surface area contributed by atoms with E-state index < -0.39 is 5.97 Å². The molecule has 0 spiro atoms. The summed E-state index contributed by atoms with van der Waals surface area (Å²) in [4.78, 5) is 40.3. The van der Waals surface area contributed by atoms with Crippen molar-refractivity contribution < 1.29 is 19.5 Å². The average Bonchev–Trinajstić information content (AvgIpc) is 3.08. The number of nitrogens with zero attached hydrogens (tertiary/aromatic N) is 2. The van der Waals surface area contributed by atoms with Crippen LogP contribution < -0.4 is 14.9 Å². The molecule has 46 heavy (non-hydrogen) atoms. The summed E-state index contributed by atoms with van der Waals surface area (Å²) < 4.78 is 2.11. The van der Waals surface area contributed by atoms with Crippen molar-refractivity contribution >= 4 is 41.2 Å². The van der Waals surface area contributed by atoms with Crippen molar-refractivity contribution in [3.05, 3.63) is 90.0 Å². The fraction of sp³-hybridized carbons (Fsp3) is 0.432. The van der Waals surface area contributed by atoms with E-state index in [-0.39, 0.29) is 30.9 Å². The van der Waals surface area contributed by atoms with Crippen LogP contribution in [0.5, 0.6) is 0 Å². The van der Waals surface area contributed by atoms with Crippen LogP contribution in [-0.4, -0.2) is 47.5 Å². The van der Waals surface area contributed by atoms with Gasteiger partial charge in [0.05, 0.1) is 6.42 Å². The quantitative estimate of drug-likeness (QED) is 0.172. The number of nitrogens with one attached hydrogen (secondary N) is 2. The zero-order valence-electron chi connectivity index (χ0n) is 26.7. The molecule has 3 N–H and O–H groups in total. The number of aliphatic carboxylic acids is 1. The number of carboxylic acids is 1.